The van der Waals surface area contributed by atoms with Gasteiger partial charge in [-0.15, -0.1) is 0 Å². The van der Waals surface area contributed by atoms with Crippen LogP contribution in [0.5, 0.6) is 11.5 Å². The van der Waals surface area contributed by atoms with Crippen molar-refractivity contribution in [1.82, 2.24) is 15.1 Å². The SMILES string of the molecule is CC(NC(=O)C(C)N1CCN(Cc2ccc3c(c2)OCO3)CC1)C1CC2CCC1C2.O=C(O)C(=O)O. The van der Waals surface area contributed by atoms with Gasteiger partial charge < -0.3 is 25.0 Å². The number of fused-ring (bicyclic) bond motifs is 3. The van der Waals surface area contributed by atoms with Crippen LogP contribution < -0.4 is 14.8 Å². The third kappa shape index (κ3) is 6.28. The molecule has 5 unspecified atom stereocenters. The van der Waals surface area contributed by atoms with E-state index in [1.165, 1.54) is 31.2 Å². The Balaban J connectivity index is 0.000000455. The second-order valence-electron chi connectivity index (χ2n) is 10.4. The van der Waals surface area contributed by atoms with Gasteiger partial charge in [0.05, 0.1) is 6.04 Å². The quantitative estimate of drug-likeness (QED) is 0.499. The van der Waals surface area contributed by atoms with Crippen molar-refractivity contribution in [2.24, 2.45) is 17.8 Å². The molecule has 3 fully saturated rings. The number of nitrogens with zero attached hydrogens (tertiary/aromatic N) is 2. The maximum Gasteiger partial charge on any atom is 0.414 e. The Morgan fingerprint density at radius 3 is 2.31 bits per heavy atom. The Labute approximate surface area is 211 Å². The van der Waals surface area contributed by atoms with Gasteiger partial charge in [-0.3, -0.25) is 14.6 Å². The maximum absolute atomic E-state index is 12.9. The largest absolute Gasteiger partial charge is 0.473 e. The lowest BCUT2D eigenvalue weighted by Gasteiger charge is -2.38. The number of carbonyl (C=O) groups excluding carboxylic acids is 1. The van der Waals surface area contributed by atoms with Gasteiger partial charge in [0, 0.05) is 38.8 Å². The summed E-state index contributed by atoms with van der Waals surface area (Å²) in [6.45, 7) is 9.34. The van der Waals surface area contributed by atoms with Crippen molar-refractivity contribution in [3.05, 3.63) is 23.8 Å². The van der Waals surface area contributed by atoms with Crippen LogP contribution in [-0.2, 0) is 20.9 Å². The highest BCUT2D eigenvalue weighted by Crippen LogP contribution is 2.49. The second kappa shape index (κ2) is 11.5. The van der Waals surface area contributed by atoms with Crippen LogP contribution in [0.1, 0.15) is 45.1 Å². The Hall–Kier alpha value is -2.85. The van der Waals surface area contributed by atoms with Gasteiger partial charge >= 0.3 is 11.9 Å². The van der Waals surface area contributed by atoms with E-state index in [1.54, 1.807) is 0 Å². The number of amides is 1. The lowest BCUT2D eigenvalue weighted by molar-refractivity contribution is -0.159. The summed E-state index contributed by atoms with van der Waals surface area (Å²) in [6, 6.07) is 6.45. The summed E-state index contributed by atoms with van der Waals surface area (Å²) in [6.07, 6.45) is 5.50. The first kappa shape index (κ1) is 26.2. The number of benzene rings is 1. The first-order chi connectivity index (χ1) is 17.2. The topological polar surface area (TPSA) is 129 Å². The summed E-state index contributed by atoms with van der Waals surface area (Å²) in [4.78, 5) is 35.9. The Kier molecular flexibility index (Phi) is 8.35. The zero-order chi connectivity index (χ0) is 25.8. The van der Waals surface area contributed by atoms with E-state index in [4.69, 9.17) is 29.3 Å². The van der Waals surface area contributed by atoms with Crippen molar-refractivity contribution in [1.29, 1.82) is 0 Å². The van der Waals surface area contributed by atoms with Crippen molar-refractivity contribution >= 4 is 17.8 Å². The number of hydrogen-bond acceptors (Lipinski definition) is 7. The van der Waals surface area contributed by atoms with E-state index in [0.717, 1.165) is 56.1 Å². The van der Waals surface area contributed by atoms with Crippen molar-refractivity contribution in [3.8, 4) is 11.5 Å². The molecule has 1 saturated heterocycles. The number of rotatable bonds is 6. The van der Waals surface area contributed by atoms with E-state index >= 15 is 0 Å². The van der Waals surface area contributed by atoms with Crippen LogP contribution in [0.25, 0.3) is 0 Å². The van der Waals surface area contributed by atoms with Gasteiger partial charge in [-0.2, -0.15) is 0 Å². The molecule has 2 heterocycles. The van der Waals surface area contributed by atoms with Crippen molar-refractivity contribution in [2.75, 3.05) is 33.0 Å². The molecule has 1 amide bonds. The van der Waals surface area contributed by atoms with Crippen LogP contribution in [0.15, 0.2) is 18.2 Å². The number of aliphatic carboxylic acids is 2. The van der Waals surface area contributed by atoms with Gasteiger partial charge in [0.1, 0.15) is 0 Å². The van der Waals surface area contributed by atoms with Gasteiger partial charge in [-0.1, -0.05) is 12.5 Å². The fourth-order valence-corrected chi connectivity index (χ4v) is 6.13. The molecule has 4 aliphatic rings. The Morgan fingerprint density at radius 2 is 1.69 bits per heavy atom. The molecule has 36 heavy (non-hydrogen) atoms. The number of carboxylic acid groups (broad SMARTS) is 2. The minimum absolute atomic E-state index is 0.0567. The average Bonchev–Trinajstić information content (AvgIpc) is 3.61. The van der Waals surface area contributed by atoms with Gasteiger partial charge in [0.2, 0.25) is 12.7 Å². The first-order valence-electron chi connectivity index (χ1n) is 12.8. The molecule has 198 valence electrons. The maximum atomic E-state index is 12.9. The fraction of sp³-hybridized carbons (Fsp3) is 0.654. The van der Waals surface area contributed by atoms with Crippen molar-refractivity contribution < 1.29 is 34.1 Å². The normalized spacial score (nSPS) is 26.6. The summed E-state index contributed by atoms with van der Waals surface area (Å²) in [5, 5.41) is 18.1. The number of carboxylic acids is 2. The molecule has 2 aliphatic heterocycles. The highest BCUT2D eigenvalue weighted by atomic mass is 16.7. The van der Waals surface area contributed by atoms with Crippen molar-refractivity contribution in [2.45, 2.75) is 58.2 Å². The van der Waals surface area contributed by atoms with Gasteiger partial charge in [0.25, 0.3) is 0 Å². The molecule has 2 aliphatic carbocycles. The molecule has 3 N–H and O–H groups in total. The lowest BCUT2D eigenvalue weighted by atomic mass is 9.84. The van der Waals surface area contributed by atoms with Crippen LogP contribution >= 0.6 is 0 Å². The van der Waals surface area contributed by atoms with Gasteiger partial charge in [-0.25, -0.2) is 9.59 Å². The first-order valence-corrected chi connectivity index (χ1v) is 12.8. The number of carbonyl (C=O) groups is 3. The molecule has 1 aromatic rings. The van der Waals surface area contributed by atoms with E-state index in [9.17, 15) is 4.79 Å². The molecule has 0 aromatic heterocycles. The standard InChI is InChI=1S/C24H35N3O3.C2H2O4/c1-16(21-12-18-3-5-20(21)11-18)25-24(28)17(2)27-9-7-26(8-10-27)14-19-4-6-22-23(13-19)30-15-29-22;3-1(4)2(5)6/h4,6,13,16-18,20-21H,3,5,7-12,14-15H2,1-2H3,(H,25,28);(H,3,4)(H,5,6). The van der Waals surface area contributed by atoms with Crippen molar-refractivity contribution in [3.63, 3.8) is 0 Å². The number of hydrogen-bond donors (Lipinski definition) is 3. The average molecular weight is 504 g/mol. The summed E-state index contributed by atoms with van der Waals surface area (Å²) in [5.74, 6) is 0.706. The molecule has 10 heteroatoms. The number of nitrogens with one attached hydrogen (secondary N) is 1. The minimum atomic E-state index is -1.82. The molecule has 2 saturated carbocycles. The lowest BCUT2D eigenvalue weighted by Crippen LogP contribution is -2.55. The smallest absolute Gasteiger partial charge is 0.414 e. The van der Waals surface area contributed by atoms with E-state index in [1.807, 2.05) is 6.07 Å². The monoisotopic (exact) mass is 503 g/mol. The van der Waals surface area contributed by atoms with Gasteiger partial charge in [-0.05, 0) is 68.6 Å². The summed E-state index contributed by atoms with van der Waals surface area (Å²) >= 11 is 0. The van der Waals surface area contributed by atoms with E-state index in [2.05, 4.69) is 41.1 Å². The van der Waals surface area contributed by atoms with E-state index in [0.29, 0.717) is 18.8 Å². The Morgan fingerprint density at radius 1 is 1.00 bits per heavy atom. The second-order valence-corrected chi connectivity index (χ2v) is 10.4. The fourth-order valence-electron chi connectivity index (χ4n) is 6.13. The summed E-state index contributed by atoms with van der Waals surface area (Å²) < 4.78 is 10.9. The molecule has 0 spiro atoms. The molecular weight excluding hydrogens is 466 g/mol. The molecule has 1 aromatic carbocycles. The molecule has 0 radical (unpaired) electrons. The van der Waals surface area contributed by atoms with Gasteiger partial charge in [0.15, 0.2) is 11.5 Å². The van der Waals surface area contributed by atoms with Crippen LogP contribution in [0.3, 0.4) is 0 Å². The zero-order valence-electron chi connectivity index (χ0n) is 21.0. The molecule has 5 atom stereocenters. The third-order valence-corrected chi connectivity index (χ3v) is 8.17. The summed E-state index contributed by atoms with van der Waals surface area (Å²) in [7, 11) is 0. The number of piperazine rings is 1. The highest BCUT2D eigenvalue weighted by Gasteiger charge is 2.42. The van der Waals surface area contributed by atoms with E-state index < -0.39 is 11.9 Å². The molecule has 2 bridgehead atoms. The predicted octanol–water partition coefficient (Wildman–Crippen LogP) is 2.02. The van der Waals surface area contributed by atoms with Crippen LogP contribution in [0.2, 0.25) is 0 Å². The highest BCUT2D eigenvalue weighted by molar-refractivity contribution is 6.27. The Bertz CT molecular complexity index is 951. The molecule has 5 rings (SSSR count). The predicted molar refractivity (Wildman–Crippen MR) is 131 cm³/mol. The zero-order valence-corrected chi connectivity index (χ0v) is 21.0. The van der Waals surface area contributed by atoms with Crippen LogP contribution in [-0.4, -0.2) is 82.9 Å². The van der Waals surface area contributed by atoms with Crippen LogP contribution in [0, 0.1) is 17.8 Å². The molecule has 10 nitrogen and oxygen atoms in total. The minimum Gasteiger partial charge on any atom is -0.473 e. The third-order valence-electron chi connectivity index (χ3n) is 8.17. The van der Waals surface area contributed by atoms with Crippen LogP contribution in [0.4, 0.5) is 0 Å². The summed E-state index contributed by atoms with van der Waals surface area (Å²) in [5.41, 5.74) is 1.25. The molecular formula is C26H37N3O7. The van der Waals surface area contributed by atoms with E-state index in [-0.39, 0.29) is 11.9 Å². The number of ether oxygens (including phenoxy) is 2.